The third kappa shape index (κ3) is 3.83. The normalized spacial score (nSPS) is 21.9. The molecule has 0 bridgehead atoms. The van der Waals surface area contributed by atoms with Crippen LogP contribution < -0.4 is 5.73 Å². The topological polar surface area (TPSA) is 79.1 Å². The van der Waals surface area contributed by atoms with Crippen molar-refractivity contribution in [2.24, 2.45) is 5.73 Å². The van der Waals surface area contributed by atoms with E-state index in [9.17, 15) is 9.59 Å². The number of piperazine rings is 1. The molecule has 7 nitrogen and oxygen atoms in total. The second-order valence-electron chi connectivity index (χ2n) is 5.45. The monoisotopic (exact) mass is 284 g/mol. The number of methoxy groups -OCH3 is 1. The first-order valence-electron chi connectivity index (χ1n) is 7.18. The molecule has 2 saturated heterocycles. The first-order chi connectivity index (χ1) is 9.60. The predicted octanol–water partition coefficient (Wildman–Crippen LogP) is -0.680. The molecule has 0 aromatic heterocycles. The number of carbonyl (C=O) groups excluding carboxylic acids is 2. The fraction of sp³-hybridized carbons (Fsp3) is 0.846. The number of nitrogens with two attached hydrogens (primary N) is 1. The number of likely N-dealkylation sites (tertiary alicyclic amines) is 1. The van der Waals surface area contributed by atoms with E-state index >= 15 is 0 Å². The smallest absolute Gasteiger partial charge is 0.409 e. The van der Waals surface area contributed by atoms with Crippen molar-refractivity contribution in [2.75, 3.05) is 52.9 Å². The molecule has 0 aromatic rings. The average molecular weight is 284 g/mol. The van der Waals surface area contributed by atoms with Crippen molar-refractivity contribution in [1.82, 2.24) is 14.7 Å². The fourth-order valence-electron chi connectivity index (χ4n) is 2.67. The molecule has 0 atom stereocenters. The van der Waals surface area contributed by atoms with E-state index in [1.54, 1.807) is 4.90 Å². The van der Waals surface area contributed by atoms with Crippen LogP contribution in [0.4, 0.5) is 4.79 Å². The zero-order valence-corrected chi connectivity index (χ0v) is 12.1. The van der Waals surface area contributed by atoms with Crippen LogP contribution in [-0.2, 0) is 9.53 Å². The van der Waals surface area contributed by atoms with Crippen LogP contribution >= 0.6 is 0 Å². The first kappa shape index (κ1) is 15.1. The van der Waals surface area contributed by atoms with Gasteiger partial charge in [0.15, 0.2) is 0 Å². The Labute approximate surface area is 119 Å². The van der Waals surface area contributed by atoms with Gasteiger partial charge in [0, 0.05) is 45.3 Å². The van der Waals surface area contributed by atoms with Crippen LogP contribution in [0.3, 0.4) is 0 Å². The standard InChI is InChI=1S/C13H24N4O3/c1-20-13(19)17-8-6-16(7-9-17)12(18)10-15-4-2-11(14)3-5-15/h11H,2-10,14H2,1H3. The minimum Gasteiger partial charge on any atom is -0.453 e. The van der Waals surface area contributed by atoms with Gasteiger partial charge in [-0.25, -0.2) is 4.79 Å². The minimum absolute atomic E-state index is 0.144. The molecule has 2 aliphatic rings. The number of hydrogen-bond acceptors (Lipinski definition) is 5. The second kappa shape index (κ2) is 6.90. The molecule has 0 spiro atoms. The molecular weight excluding hydrogens is 260 g/mol. The van der Waals surface area contributed by atoms with E-state index in [0.29, 0.717) is 32.7 Å². The molecule has 0 aliphatic carbocycles. The van der Waals surface area contributed by atoms with Crippen molar-refractivity contribution < 1.29 is 14.3 Å². The maximum atomic E-state index is 12.2. The number of rotatable bonds is 2. The van der Waals surface area contributed by atoms with E-state index in [2.05, 4.69) is 9.64 Å². The molecular formula is C13H24N4O3. The van der Waals surface area contributed by atoms with Gasteiger partial charge in [0.1, 0.15) is 0 Å². The largest absolute Gasteiger partial charge is 0.453 e. The van der Waals surface area contributed by atoms with Crippen molar-refractivity contribution in [3.8, 4) is 0 Å². The van der Waals surface area contributed by atoms with Gasteiger partial charge in [-0.3, -0.25) is 9.69 Å². The van der Waals surface area contributed by atoms with Crippen LogP contribution in [0.1, 0.15) is 12.8 Å². The van der Waals surface area contributed by atoms with E-state index in [4.69, 9.17) is 5.73 Å². The Morgan fingerprint density at radius 1 is 1.05 bits per heavy atom. The van der Waals surface area contributed by atoms with Crippen LogP contribution in [0.15, 0.2) is 0 Å². The SMILES string of the molecule is COC(=O)N1CCN(C(=O)CN2CCC(N)CC2)CC1. The van der Waals surface area contributed by atoms with E-state index in [-0.39, 0.29) is 18.0 Å². The van der Waals surface area contributed by atoms with Gasteiger partial charge in [0.05, 0.1) is 13.7 Å². The molecule has 2 rings (SSSR count). The van der Waals surface area contributed by atoms with Crippen molar-refractivity contribution >= 4 is 12.0 Å². The van der Waals surface area contributed by atoms with Gasteiger partial charge in [-0.2, -0.15) is 0 Å². The number of nitrogens with zero attached hydrogens (tertiary/aromatic N) is 3. The summed E-state index contributed by atoms with van der Waals surface area (Å²) in [4.78, 5) is 29.2. The molecule has 7 heteroatoms. The summed E-state index contributed by atoms with van der Waals surface area (Å²) in [6.07, 6.45) is 1.61. The summed E-state index contributed by atoms with van der Waals surface area (Å²) in [6.45, 7) is 4.52. The molecule has 114 valence electrons. The fourth-order valence-corrected chi connectivity index (χ4v) is 2.67. The van der Waals surface area contributed by atoms with Crippen LogP contribution in [0.25, 0.3) is 0 Å². The summed E-state index contributed by atoms with van der Waals surface area (Å²) >= 11 is 0. The van der Waals surface area contributed by atoms with E-state index in [1.165, 1.54) is 7.11 Å². The van der Waals surface area contributed by atoms with Gasteiger partial charge in [-0.05, 0) is 12.8 Å². The van der Waals surface area contributed by atoms with Gasteiger partial charge in [-0.1, -0.05) is 0 Å². The van der Waals surface area contributed by atoms with Crippen LogP contribution in [0.2, 0.25) is 0 Å². The Morgan fingerprint density at radius 2 is 1.60 bits per heavy atom. The van der Waals surface area contributed by atoms with Gasteiger partial charge < -0.3 is 20.3 Å². The maximum absolute atomic E-state index is 12.2. The molecule has 0 aromatic carbocycles. The third-order valence-electron chi connectivity index (χ3n) is 4.06. The third-order valence-corrected chi connectivity index (χ3v) is 4.06. The highest BCUT2D eigenvalue weighted by atomic mass is 16.5. The molecule has 20 heavy (non-hydrogen) atoms. The highest BCUT2D eigenvalue weighted by Crippen LogP contribution is 2.09. The lowest BCUT2D eigenvalue weighted by Crippen LogP contribution is -2.53. The van der Waals surface area contributed by atoms with Crippen LogP contribution in [-0.4, -0.2) is 85.7 Å². The summed E-state index contributed by atoms with van der Waals surface area (Å²) < 4.78 is 4.68. The molecule has 2 fully saturated rings. The van der Waals surface area contributed by atoms with Gasteiger partial charge in [0.25, 0.3) is 0 Å². The van der Waals surface area contributed by atoms with Gasteiger partial charge in [-0.15, -0.1) is 0 Å². The van der Waals surface area contributed by atoms with Crippen molar-refractivity contribution in [3.05, 3.63) is 0 Å². The molecule has 0 radical (unpaired) electrons. The van der Waals surface area contributed by atoms with E-state index < -0.39 is 0 Å². The summed E-state index contributed by atoms with van der Waals surface area (Å²) in [5, 5.41) is 0. The van der Waals surface area contributed by atoms with E-state index in [1.807, 2.05) is 4.90 Å². The number of carbonyl (C=O) groups is 2. The lowest BCUT2D eigenvalue weighted by molar-refractivity contribution is -0.134. The van der Waals surface area contributed by atoms with Crippen molar-refractivity contribution in [1.29, 1.82) is 0 Å². The van der Waals surface area contributed by atoms with Crippen LogP contribution in [0.5, 0.6) is 0 Å². The second-order valence-corrected chi connectivity index (χ2v) is 5.45. The zero-order chi connectivity index (χ0) is 14.5. The molecule has 2 heterocycles. The number of hydrogen-bond donors (Lipinski definition) is 1. The van der Waals surface area contributed by atoms with Gasteiger partial charge >= 0.3 is 6.09 Å². The average Bonchev–Trinajstić information content (AvgIpc) is 2.49. The molecule has 2 aliphatic heterocycles. The predicted molar refractivity (Wildman–Crippen MR) is 74.2 cm³/mol. The summed E-state index contributed by atoms with van der Waals surface area (Å²) in [7, 11) is 1.38. The highest BCUT2D eigenvalue weighted by Gasteiger charge is 2.26. The minimum atomic E-state index is -0.317. The first-order valence-corrected chi connectivity index (χ1v) is 7.18. The van der Waals surface area contributed by atoms with Gasteiger partial charge in [0.2, 0.25) is 5.91 Å². The van der Waals surface area contributed by atoms with Crippen molar-refractivity contribution in [3.63, 3.8) is 0 Å². The maximum Gasteiger partial charge on any atom is 0.409 e. The molecule has 0 unspecified atom stereocenters. The summed E-state index contributed by atoms with van der Waals surface area (Å²) in [5.74, 6) is 0.144. The molecule has 2 N–H and O–H groups in total. The Kier molecular flexibility index (Phi) is 5.19. The number of amides is 2. The Morgan fingerprint density at radius 3 is 2.15 bits per heavy atom. The van der Waals surface area contributed by atoms with E-state index in [0.717, 1.165) is 25.9 Å². The number of piperidine rings is 1. The summed E-state index contributed by atoms with van der Waals surface area (Å²) in [5.41, 5.74) is 5.86. The molecule has 0 saturated carbocycles. The lowest BCUT2D eigenvalue weighted by Gasteiger charge is -2.36. The Hall–Kier alpha value is -1.34. The highest BCUT2D eigenvalue weighted by molar-refractivity contribution is 5.78. The Balaban J connectivity index is 1.73. The van der Waals surface area contributed by atoms with Crippen molar-refractivity contribution in [2.45, 2.75) is 18.9 Å². The quantitative estimate of drug-likeness (QED) is 0.727. The Bertz CT molecular complexity index is 348. The zero-order valence-electron chi connectivity index (χ0n) is 12.1. The lowest BCUT2D eigenvalue weighted by atomic mass is 10.1. The van der Waals surface area contributed by atoms with Crippen LogP contribution in [0, 0.1) is 0 Å². The molecule has 2 amide bonds. The summed E-state index contributed by atoms with van der Waals surface area (Å²) in [6, 6.07) is 0.282. The number of ether oxygens (including phenoxy) is 1.